The van der Waals surface area contributed by atoms with Gasteiger partial charge in [0.15, 0.2) is 0 Å². The molecule has 6 heteroatoms. The van der Waals surface area contributed by atoms with Crippen molar-refractivity contribution in [1.29, 1.82) is 0 Å². The highest BCUT2D eigenvalue weighted by molar-refractivity contribution is 5.86. The summed E-state index contributed by atoms with van der Waals surface area (Å²) in [4.78, 5) is 40.2. The minimum Gasteiger partial charge on any atom is -0.341 e. The highest BCUT2D eigenvalue weighted by Crippen LogP contribution is 2.25. The standard InChI is InChI=1S/C13H22N2O4/c1-3-15(9-12(17)14-19-10(2)16)13(18)11-7-5-4-6-8-11/h11H,3-9H2,1-2H3,(H,14,17). The molecule has 0 heterocycles. The Balaban J connectivity index is 2.44. The molecule has 108 valence electrons. The maximum absolute atomic E-state index is 12.2. The van der Waals surface area contributed by atoms with E-state index in [9.17, 15) is 14.4 Å². The molecule has 1 rings (SSSR count). The Bertz CT molecular complexity index is 338. The first-order valence-electron chi connectivity index (χ1n) is 6.79. The van der Waals surface area contributed by atoms with Gasteiger partial charge in [-0.2, -0.15) is 5.48 Å². The second kappa shape index (κ2) is 7.76. The number of carbonyl (C=O) groups excluding carboxylic acids is 3. The van der Waals surface area contributed by atoms with Crippen molar-refractivity contribution in [1.82, 2.24) is 10.4 Å². The van der Waals surface area contributed by atoms with Crippen LogP contribution in [0, 0.1) is 5.92 Å². The number of hydroxylamine groups is 1. The Morgan fingerprint density at radius 1 is 1.21 bits per heavy atom. The average Bonchev–Trinajstić information content (AvgIpc) is 2.42. The summed E-state index contributed by atoms with van der Waals surface area (Å²) in [5.41, 5.74) is 2.02. The van der Waals surface area contributed by atoms with E-state index < -0.39 is 11.9 Å². The molecule has 0 aromatic rings. The fourth-order valence-electron chi connectivity index (χ4n) is 2.29. The monoisotopic (exact) mass is 270 g/mol. The highest BCUT2D eigenvalue weighted by atomic mass is 16.7. The third-order valence-electron chi connectivity index (χ3n) is 3.29. The molecule has 19 heavy (non-hydrogen) atoms. The Hall–Kier alpha value is -1.59. The average molecular weight is 270 g/mol. The van der Waals surface area contributed by atoms with E-state index in [1.165, 1.54) is 18.2 Å². The number of nitrogens with one attached hydrogen (secondary N) is 1. The van der Waals surface area contributed by atoms with Gasteiger partial charge in [-0.25, -0.2) is 0 Å². The smallest absolute Gasteiger partial charge is 0.329 e. The minimum absolute atomic E-state index is 0.0279. The predicted octanol–water partition coefficient (Wildman–Crippen LogP) is 1.01. The number of hydrogen-bond acceptors (Lipinski definition) is 4. The van der Waals surface area contributed by atoms with Crippen LogP contribution in [0.3, 0.4) is 0 Å². The lowest BCUT2D eigenvalue weighted by atomic mass is 9.88. The molecule has 0 radical (unpaired) electrons. The number of likely N-dealkylation sites (N-methyl/N-ethyl adjacent to an activating group) is 1. The normalized spacial score (nSPS) is 15.7. The molecular weight excluding hydrogens is 248 g/mol. The summed E-state index contributed by atoms with van der Waals surface area (Å²) < 4.78 is 0. The number of hydrogen-bond donors (Lipinski definition) is 1. The zero-order valence-electron chi connectivity index (χ0n) is 11.6. The first kappa shape index (κ1) is 15.5. The molecule has 1 fully saturated rings. The van der Waals surface area contributed by atoms with Gasteiger partial charge >= 0.3 is 5.97 Å². The van der Waals surface area contributed by atoms with Crippen molar-refractivity contribution in [3.8, 4) is 0 Å². The summed E-state index contributed by atoms with van der Waals surface area (Å²) in [6.45, 7) is 3.44. The van der Waals surface area contributed by atoms with Gasteiger partial charge in [0.05, 0.1) is 0 Å². The molecule has 0 saturated heterocycles. The molecule has 2 amide bonds. The van der Waals surface area contributed by atoms with Gasteiger partial charge in [-0.05, 0) is 19.8 Å². The Morgan fingerprint density at radius 2 is 1.84 bits per heavy atom. The minimum atomic E-state index is -0.588. The van der Waals surface area contributed by atoms with Gasteiger partial charge in [0, 0.05) is 19.4 Å². The van der Waals surface area contributed by atoms with Gasteiger partial charge in [0.1, 0.15) is 6.54 Å². The number of carbonyl (C=O) groups is 3. The summed E-state index contributed by atoms with van der Waals surface area (Å²) in [6, 6.07) is 0. The van der Waals surface area contributed by atoms with Gasteiger partial charge in [-0.15, -0.1) is 0 Å². The molecule has 0 atom stereocenters. The van der Waals surface area contributed by atoms with Crippen LogP contribution in [-0.4, -0.2) is 35.8 Å². The molecule has 0 aromatic carbocycles. The summed E-state index contributed by atoms with van der Waals surface area (Å²) in [6.07, 6.45) is 5.14. The second-order valence-corrected chi connectivity index (χ2v) is 4.81. The molecule has 1 saturated carbocycles. The first-order chi connectivity index (χ1) is 9.04. The van der Waals surface area contributed by atoms with Crippen LogP contribution in [0.25, 0.3) is 0 Å². The largest absolute Gasteiger partial charge is 0.341 e. The molecule has 1 aliphatic carbocycles. The van der Waals surface area contributed by atoms with Crippen LogP contribution in [0.2, 0.25) is 0 Å². The molecule has 0 aromatic heterocycles. The molecule has 0 bridgehead atoms. The van der Waals surface area contributed by atoms with Gasteiger partial charge in [0.25, 0.3) is 5.91 Å². The van der Waals surface area contributed by atoms with E-state index in [1.54, 1.807) is 0 Å². The van der Waals surface area contributed by atoms with Gasteiger partial charge in [-0.1, -0.05) is 19.3 Å². The van der Waals surface area contributed by atoms with Crippen LogP contribution in [0.15, 0.2) is 0 Å². The Kier molecular flexibility index (Phi) is 6.32. The zero-order valence-corrected chi connectivity index (χ0v) is 11.6. The predicted molar refractivity (Wildman–Crippen MR) is 68.7 cm³/mol. The molecule has 6 nitrogen and oxygen atoms in total. The first-order valence-corrected chi connectivity index (χ1v) is 6.79. The molecule has 1 aliphatic rings. The fraction of sp³-hybridized carbons (Fsp3) is 0.769. The molecule has 0 spiro atoms. The van der Waals surface area contributed by atoms with E-state index in [4.69, 9.17) is 0 Å². The lowest BCUT2D eigenvalue weighted by Crippen LogP contribution is -2.43. The highest BCUT2D eigenvalue weighted by Gasteiger charge is 2.26. The van der Waals surface area contributed by atoms with Crippen molar-refractivity contribution in [2.45, 2.75) is 46.0 Å². The van der Waals surface area contributed by atoms with Crippen molar-refractivity contribution >= 4 is 17.8 Å². The number of amides is 2. The van der Waals surface area contributed by atoms with Crippen LogP contribution >= 0.6 is 0 Å². The van der Waals surface area contributed by atoms with Crippen molar-refractivity contribution in [2.24, 2.45) is 5.92 Å². The van der Waals surface area contributed by atoms with E-state index >= 15 is 0 Å². The topological polar surface area (TPSA) is 75.7 Å². The SMILES string of the molecule is CCN(CC(=O)NOC(C)=O)C(=O)C1CCCCC1. The van der Waals surface area contributed by atoms with Crippen LogP contribution in [0.1, 0.15) is 46.0 Å². The second-order valence-electron chi connectivity index (χ2n) is 4.81. The van der Waals surface area contributed by atoms with Crippen molar-refractivity contribution < 1.29 is 19.2 Å². The Labute approximate surface area is 113 Å². The van der Waals surface area contributed by atoms with Gasteiger partial charge < -0.3 is 9.74 Å². The summed E-state index contributed by atoms with van der Waals surface area (Å²) in [5, 5.41) is 0. The van der Waals surface area contributed by atoms with Crippen molar-refractivity contribution in [2.75, 3.05) is 13.1 Å². The van der Waals surface area contributed by atoms with Gasteiger partial charge in [-0.3, -0.25) is 14.4 Å². The van der Waals surface area contributed by atoms with E-state index in [-0.39, 0.29) is 18.4 Å². The summed E-state index contributed by atoms with van der Waals surface area (Å²) in [7, 11) is 0. The fourth-order valence-corrected chi connectivity index (χ4v) is 2.29. The lowest BCUT2D eigenvalue weighted by molar-refractivity contribution is -0.157. The van der Waals surface area contributed by atoms with Crippen LogP contribution < -0.4 is 5.48 Å². The summed E-state index contributed by atoms with van der Waals surface area (Å²) in [5.74, 6) is -1.01. The van der Waals surface area contributed by atoms with E-state index in [0.717, 1.165) is 25.7 Å². The van der Waals surface area contributed by atoms with Crippen LogP contribution in [0.5, 0.6) is 0 Å². The lowest BCUT2D eigenvalue weighted by Gasteiger charge is -2.27. The maximum Gasteiger partial charge on any atom is 0.329 e. The van der Waals surface area contributed by atoms with E-state index in [1.807, 2.05) is 12.4 Å². The van der Waals surface area contributed by atoms with Crippen molar-refractivity contribution in [3.05, 3.63) is 0 Å². The zero-order chi connectivity index (χ0) is 14.3. The van der Waals surface area contributed by atoms with Gasteiger partial charge in [0.2, 0.25) is 5.91 Å². The summed E-state index contributed by atoms with van der Waals surface area (Å²) >= 11 is 0. The molecule has 0 aliphatic heterocycles. The molecular formula is C13H22N2O4. The third kappa shape index (κ3) is 5.28. The van der Waals surface area contributed by atoms with E-state index in [0.29, 0.717) is 6.54 Å². The van der Waals surface area contributed by atoms with E-state index in [2.05, 4.69) is 4.84 Å². The van der Waals surface area contributed by atoms with Crippen LogP contribution in [-0.2, 0) is 19.2 Å². The Morgan fingerprint density at radius 3 is 2.37 bits per heavy atom. The van der Waals surface area contributed by atoms with Crippen LogP contribution in [0.4, 0.5) is 0 Å². The molecule has 0 unspecified atom stereocenters. The molecule has 1 N–H and O–H groups in total. The maximum atomic E-state index is 12.2. The quantitative estimate of drug-likeness (QED) is 0.774. The number of rotatable bonds is 4. The number of nitrogens with zero attached hydrogens (tertiary/aromatic N) is 1. The third-order valence-corrected chi connectivity index (χ3v) is 3.29. The van der Waals surface area contributed by atoms with Crippen molar-refractivity contribution in [3.63, 3.8) is 0 Å².